The molecule has 148 valence electrons. The molecule has 2 aromatic heterocycles. The fraction of sp³-hybridized carbons (Fsp3) is 0.529. The SMILES string of the molecule is CS(=O)(=O)N1CC2CN(Cc3ccn4nccc4c3)CC2(CO)C1.O=CO. The lowest BCUT2D eigenvalue weighted by Gasteiger charge is -2.26. The van der Waals surface area contributed by atoms with E-state index in [1.807, 2.05) is 16.8 Å². The van der Waals surface area contributed by atoms with Crippen LogP contribution in [0.1, 0.15) is 5.56 Å². The fourth-order valence-electron chi connectivity index (χ4n) is 4.16. The molecule has 2 aromatic rings. The maximum atomic E-state index is 11.8. The molecular formula is C17H24N4O5S. The van der Waals surface area contributed by atoms with Gasteiger partial charge in [-0.3, -0.25) is 9.69 Å². The first kappa shape index (κ1) is 19.7. The van der Waals surface area contributed by atoms with Gasteiger partial charge in [-0.15, -0.1) is 0 Å². The van der Waals surface area contributed by atoms with Crippen molar-refractivity contribution in [2.24, 2.45) is 11.3 Å². The van der Waals surface area contributed by atoms with E-state index in [1.54, 1.807) is 6.20 Å². The standard InChI is InChI=1S/C16H22N4O3S.CH2O2/c1-24(22,23)19-9-14-8-18(10-16(14,11-19)12-21)7-13-3-5-20-15(6-13)2-4-17-20;2-1-3/h2-6,14,21H,7-12H2,1H3;1H,(H,2,3). The minimum absolute atomic E-state index is 0.0296. The lowest BCUT2D eigenvalue weighted by Crippen LogP contribution is -2.38. The number of aromatic nitrogens is 2. The zero-order valence-electron chi connectivity index (χ0n) is 15.1. The molecule has 0 spiro atoms. The van der Waals surface area contributed by atoms with Crippen LogP contribution < -0.4 is 0 Å². The molecule has 0 radical (unpaired) electrons. The van der Waals surface area contributed by atoms with Crippen LogP contribution in [0.25, 0.3) is 5.52 Å². The first-order valence-electron chi connectivity index (χ1n) is 8.60. The monoisotopic (exact) mass is 396 g/mol. The van der Waals surface area contributed by atoms with Crippen LogP contribution in [-0.2, 0) is 21.4 Å². The van der Waals surface area contributed by atoms with E-state index in [1.165, 1.54) is 16.1 Å². The van der Waals surface area contributed by atoms with Crippen LogP contribution in [0.4, 0.5) is 0 Å². The highest BCUT2D eigenvalue weighted by molar-refractivity contribution is 7.88. The number of carbonyl (C=O) groups is 1. The van der Waals surface area contributed by atoms with Crippen LogP contribution in [0.5, 0.6) is 0 Å². The van der Waals surface area contributed by atoms with Crippen molar-refractivity contribution in [3.05, 3.63) is 36.2 Å². The quantitative estimate of drug-likeness (QED) is 0.683. The maximum Gasteiger partial charge on any atom is 0.290 e. The third-order valence-corrected chi connectivity index (χ3v) is 6.67. The van der Waals surface area contributed by atoms with E-state index in [9.17, 15) is 13.5 Å². The van der Waals surface area contributed by atoms with Crippen LogP contribution in [0.2, 0.25) is 0 Å². The third-order valence-electron chi connectivity index (χ3n) is 5.45. The van der Waals surface area contributed by atoms with Crippen LogP contribution in [-0.4, -0.2) is 83.0 Å². The van der Waals surface area contributed by atoms with E-state index >= 15 is 0 Å². The topological polar surface area (TPSA) is 115 Å². The molecule has 2 aliphatic rings. The second-order valence-electron chi connectivity index (χ2n) is 7.28. The molecule has 0 amide bonds. The summed E-state index contributed by atoms with van der Waals surface area (Å²) in [5, 5.41) is 21.0. The smallest absolute Gasteiger partial charge is 0.290 e. The molecule has 2 saturated heterocycles. The second kappa shape index (κ2) is 7.55. The summed E-state index contributed by atoms with van der Waals surface area (Å²) in [5.41, 5.74) is 1.94. The van der Waals surface area contributed by atoms with Crippen molar-refractivity contribution in [3.63, 3.8) is 0 Å². The Morgan fingerprint density at radius 1 is 1.33 bits per heavy atom. The Balaban J connectivity index is 0.000000659. The minimum atomic E-state index is -3.19. The molecule has 2 atom stereocenters. The van der Waals surface area contributed by atoms with E-state index < -0.39 is 10.0 Å². The minimum Gasteiger partial charge on any atom is -0.483 e. The zero-order chi connectivity index (χ0) is 19.7. The normalized spacial score (nSPS) is 25.9. The Bertz CT molecular complexity index is 915. The number of sulfonamides is 1. The van der Waals surface area contributed by atoms with Gasteiger partial charge in [0.1, 0.15) is 0 Å². The summed E-state index contributed by atoms with van der Waals surface area (Å²) >= 11 is 0. The molecule has 2 N–H and O–H groups in total. The molecule has 2 unspecified atom stereocenters. The number of hydrogen-bond donors (Lipinski definition) is 2. The highest BCUT2D eigenvalue weighted by Crippen LogP contribution is 2.43. The van der Waals surface area contributed by atoms with Gasteiger partial charge >= 0.3 is 0 Å². The summed E-state index contributed by atoms with van der Waals surface area (Å²) in [6.07, 6.45) is 4.98. The van der Waals surface area contributed by atoms with Crippen molar-refractivity contribution in [1.82, 2.24) is 18.8 Å². The van der Waals surface area contributed by atoms with Gasteiger partial charge in [0.15, 0.2) is 0 Å². The molecule has 27 heavy (non-hydrogen) atoms. The predicted molar refractivity (Wildman–Crippen MR) is 98.6 cm³/mol. The predicted octanol–water partition coefficient (Wildman–Crippen LogP) is -0.279. The first-order chi connectivity index (χ1) is 12.8. The summed E-state index contributed by atoms with van der Waals surface area (Å²) in [4.78, 5) is 10.7. The van der Waals surface area contributed by atoms with E-state index in [0.717, 1.165) is 25.2 Å². The molecule has 0 aromatic carbocycles. The molecule has 4 heterocycles. The zero-order valence-corrected chi connectivity index (χ0v) is 15.9. The molecule has 2 fully saturated rings. The van der Waals surface area contributed by atoms with Gasteiger partial charge in [-0.1, -0.05) is 0 Å². The van der Waals surface area contributed by atoms with Gasteiger partial charge in [-0.05, 0) is 29.7 Å². The van der Waals surface area contributed by atoms with Crippen molar-refractivity contribution in [2.75, 3.05) is 39.0 Å². The third kappa shape index (κ3) is 3.98. The molecule has 2 aliphatic heterocycles. The van der Waals surface area contributed by atoms with Gasteiger partial charge in [0.05, 0.1) is 18.4 Å². The van der Waals surface area contributed by atoms with Crippen molar-refractivity contribution in [2.45, 2.75) is 6.54 Å². The summed E-state index contributed by atoms with van der Waals surface area (Å²) < 4.78 is 27.0. The maximum absolute atomic E-state index is 11.8. The van der Waals surface area contributed by atoms with Crippen molar-refractivity contribution < 1.29 is 23.4 Å². The fourth-order valence-corrected chi connectivity index (χ4v) is 5.11. The molecule has 10 heteroatoms. The lowest BCUT2D eigenvalue weighted by atomic mass is 9.82. The number of carboxylic acid groups (broad SMARTS) is 1. The Labute approximate surface area is 157 Å². The second-order valence-corrected chi connectivity index (χ2v) is 9.27. The van der Waals surface area contributed by atoms with Gasteiger partial charge < -0.3 is 10.2 Å². The highest BCUT2D eigenvalue weighted by atomic mass is 32.2. The van der Waals surface area contributed by atoms with E-state index in [2.05, 4.69) is 22.1 Å². The number of fused-ring (bicyclic) bond motifs is 2. The van der Waals surface area contributed by atoms with Crippen molar-refractivity contribution in [1.29, 1.82) is 0 Å². The number of aliphatic hydroxyl groups is 1. The first-order valence-corrected chi connectivity index (χ1v) is 10.4. The number of hydrogen-bond acceptors (Lipinski definition) is 6. The van der Waals surface area contributed by atoms with E-state index in [4.69, 9.17) is 9.90 Å². The number of likely N-dealkylation sites (tertiary alicyclic amines) is 1. The largest absolute Gasteiger partial charge is 0.483 e. The molecule has 0 bridgehead atoms. The number of rotatable bonds is 4. The lowest BCUT2D eigenvalue weighted by molar-refractivity contribution is -0.122. The van der Waals surface area contributed by atoms with E-state index in [0.29, 0.717) is 13.1 Å². The molecule has 0 aliphatic carbocycles. The van der Waals surface area contributed by atoms with Gasteiger partial charge in [-0.25, -0.2) is 17.2 Å². The average Bonchev–Trinajstić information content (AvgIpc) is 3.26. The Morgan fingerprint density at radius 3 is 2.70 bits per heavy atom. The highest BCUT2D eigenvalue weighted by Gasteiger charge is 2.53. The number of nitrogens with zero attached hydrogens (tertiary/aromatic N) is 4. The summed E-state index contributed by atoms with van der Waals surface area (Å²) in [6.45, 7) is 3.06. The van der Waals surface area contributed by atoms with Crippen molar-refractivity contribution >= 4 is 22.0 Å². The van der Waals surface area contributed by atoms with Crippen molar-refractivity contribution in [3.8, 4) is 0 Å². The van der Waals surface area contributed by atoms with Gasteiger partial charge in [0.25, 0.3) is 6.47 Å². The molecule has 9 nitrogen and oxygen atoms in total. The summed E-state index contributed by atoms with van der Waals surface area (Å²) in [6, 6.07) is 6.15. The van der Waals surface area contributed by atoms with Crippen LogP contribution in [0, 0.1) is 11.3 Å². The Morgan fingerprint density at radius 2 is 2.07 bits per heavy atom. The molecular weight excluding hydrogens is 372 g/mol. The van der Waals surface area contributed by atoms with Crippen LogP contribution in [0.3, 0.4) is 0 Å². The Kier molecular flexibility index (Phi) is 5.52. The number of aliphatic hydroxyl groups excluding tert-OH is 1. The molecule has 0 saturated carbocycles. The van der Waals surface area contributed by atoms with E-state index in [-0.39, 0.29) is 24.4 Å². The average molecular weight is 396 g/mol. The Hall–Kier alpha value is -2.01. The number of pyridine rings is 1. The van der Waals surface area contributed by atoms with Crippen LogP contribution >= 0.6 is 0 Å². The van der Waals surface area contributed by atoms with Crippen LogP contribution in [0.15, 0.2) is 30.6 Å². The van der Waals surface area contributed by atoms with Gasteiger partial charge in [0.2, 0.25) is 10.0 Å². The van der Waals surface area contributed by atoms with Gasteiger partial charge in [-0.2, -0.15) is 5.10 Å². The molecule has 4 rings (SSSR count). The summed E-state index contributed by atoms with van der Waals surface area (Å²) in [5.74, 6) is 0.191. The van der Waals surface area contributed by atoms with Gasteiger partial charge in [0, 0.05) is 50.5 Å². The summed E-state index contributed by atoms with van der Waals surface area (Å²) in [7, 11) is -3.19.